The van der Waals surface area contributed by atoms with Crippen molar-refractivity contribution in [3.05, 3.63) is 65.5 Å². The number of nitrogens with two attached hydrogens (primary N) is 1. The molecule has 1 fully saturated rings. The van der Waals surface area contributed by atoms with Crippen LogP contribution in [0.5, 0.6) is 0 Å². The Morgan fingerprint density at radius 2 is 1.83 bits per heavy atom. The molecule has 0 saturated carbocycles. The Kier molecular flexibility index (Phi) is 8.00. The lowest BCUT2D eigenvalue weighted by molar-refractivity contribution is -0.125. The molecular weight excluding hydrogens is 372 g/mol. The van der Waals surface area contributed by atoms with Crippen molar-refractivity contribution >= 4 is 5.91 Å². The average Bonchev–Trinajstić information content (AvgIpc) is 2.77. The average molecular weight is 409 g/mol. The number of carbonyl (C=O) groups is 1. The molecule has 5 heteroatoms. The van der Waals surface area contributed by atoms with Crippen LogP contribution in [-0.2, 0) is 16.8 Å². The Morgan fingerprint density at radius 3 is 2.43 bits per heavy atom. The lowest BCUT2D eigenvalue weighted by atomic mass is 9.82. The number of hydrogen-bond acceptors (Lipinski definition) is 4. The van der Waals surface area contributed by atoms with Gasteiger partial charge in [-0.05, 0) is 92.4 Å². The van der Waals surface area contributed by atoms with Gasteiger partial charge >= 0.3 is 0 Å². The van der Waals surface area contributed by atoms with Gasteiger partial charge in [-0.15, -0.1) is 0 Å². The summed E-state index contributed by atoms with van der Waals surface area (Å²) in [6.07, 6.45) is 8.44. The number of benzene rings is 1. The van der Waals surface area contributed by atoms with E-state index in [2.05, 4.69) is 53.7 Å². The Hall–Kier alpha value is -2.24. The lowest BCUT2D eigenvalue weighted by Crippen LogP contribution is -2.53. The Balaban J connectivity index is 1.80. The van der Waals surface area contributed by atoms with Gasteiger partial charge in [0.25, 0.3) is 0 Å². The van der Waals surface area contributed by atoms with Gasteiger partial charge < -0.3 is 11.1 Å². The smallest absolute Gasteiger partial charge is 0.242 e. The maximum absolute atomic E-state index is 12.9. The molecule has 0 spiro atoms. The second kappa shape index (κ2) is 10.7. The summed E-state index contributed by atoms with van der Waals surface area (Å²) < 4.78 is 0. The van der Waals surface area contributed by atoms with E-state index in [9.17, 15) is 4.79 Å². The van der Waals surface area contributed by atoms with Crippen LogP contribution in [0.1, 0.15) is 62.1 Å². The number of pyridine rings is 1. The summed E-state index contributed by atoms with van der Waals surface area (Å²) >= 11 is 0. The molecule has 0 radical (unpaired) electrons. The summed E-state index contributed by atoms with van der Waals surface area (Å²) in [4.78, 5) is 17.0. The van der Waals surface area contributed by atoms with Gasteiger partial charge in [-0.1, -0.05) is 38.1 Å². The highest BCUT2D eigenvalue weighted by Crippen LogP contribution is 2.29. The first kappa shape index (κ1) is 22.4. The van der Waals surface area contributed by atoms with Crippen molar-refractivity contribution in [2.24, 2.45) is 11.7 Å². The van der Waals surface area contributed by atoms with Crippen molar-refractivity contribution in [1.82, 2.24) is 15.6 Å². The molecule has 1 aliphatic rings. The van der Waals surface area contributed by atoms with Crippen molar-refractivity contribution in [2.45, 2.75) is 57.4 Å². The van der Waals surface area contributed by atoms with Gasteiger partial charge in [0.1, 0.15) is 5.54 Å². The summed E-state index contributed by atoms with van der Waals surface area (Å²) in [5.41, 5.74) is 8.58. The van der Waals surface area contributed by atoms with Crippen LogP contribution in [0.4, 0.5) is 0 Å². The van der Waals surface area contributed by atoms with Gasteiger partial charge in [0.2, 0.25) is 5.91 Å². The molecule has 2 aromatic rings. The minimum atomic E-state index is -0.869. The number of hydrogen-bond donors (Lipinski definition) is 3. The van der Waals surface area contributed by atoms with Gasteiger partial charge in [-0.3, -0.25) is 15.1 Å². The fourth-order valence-electron chi connectivity index (χ4n) is 4.38. The largest absolute Gasteiger partial charge is 0.368 e. The molecule has 1 atom stereocenters. The Morgan fingerprint density at radius 1 is 1.17 bits per heavy atom. The second-order valence-electron chi connectivity index (χ2n) is 8.81. The second-order valence-corrected chi connectivity index (χ2v) is 8.81. The van der Waals surface area contributed by atoms with E-state index in [0.29, 0.717) is 18.3 Å². The molecule has 30 heavy (non-hydrogen) atoms. The van der Waals surface area contributed by atoms with E-state index in [1.54, 1.807) is 12.4 Å². The van der Waals surface area contributed by atoms with Gasteiger partial charge in [-0.2, -0.15) is 0 Å². The zero-order chi connectivity index (χ0) is 21.4. The van der Waals surface area contributed by atoms with Crippen LogP contribution in [0.15, 0.2) is 48.8 Å². The van der Waals surface area contributed by atoms with E-state index in [0.717, 1.165) is 43.6 Å². The zero-order valence-electron chi connectivity index (χ0n) is 18.4. The molecule has 3 rings (SSSR count). The number of aryl methyl sites for hydroxylation is 1. The van der Waals surface area contributed by atoms with Crippen LogP contribution in [0.25, 0.3) is 0 Å². The number of primary amides is 1. The monoisotopic (exact) mass is 408 g/mol. The molecule has 1 aromatic heterocycles. The number of amides is 1. The maximum Gasteiger partial charge on any atom is 0.242 e. The van der Waals surface area contributed by atoms with Crippen LogP contribution < -0.4 is 16.4 Å². The first-order chi connectivity index (χ1) is 14.5. The minimum absolute atomic E-state index is 0.306. The molecule has 162 valence electrons. The van der Waals surface area contributed by atoms with Crippen LogP contribution >= 0.6 is 0 Å². The highest BCUT2D eigenvalue weighted by Gasteiger charge is 2.38. The summed E-state index contributed by atoms with van der Waals surface area (Å²) in [5.74, 6) is 0.846. The van der Waals surface area contributed by atoms with Gasteiger partial charge in [0, 0.05) is 12.4 Å². The molecule has 1 unspecified atom stereocenters. The van der Waals surface area contributed by atoms with Crippen molar-refractivity contribution in [3.63, 3.8) is 0 Å². The molecule has 5 nitrogen and oxygen atoms in total. The minimum Gasteiger partial charge on any atom is -0.368 e. The van der Waals surface area contributed by atoms with Gasteiger partial charge in [0.05, 0.1) is 0 Å². The maximum atomic E-state index is 12.9. The quantitative estimate of drug-likeness (QED) is 0.562. The third kappa shape index (κ3) is 5.67. The molecule has 1 aromatic carbocycles. The zero-order valence-corrected chi connectivity index (χ0v) is 18.4. The van der Waals surface area contributed by atoms with Crippen molar-refractivity contribution in [2.75, 3.05) is 19.6 Å². The third-order valence-corrected chi connectivity index (χ3v) is 6.47. The Bertz CT molecular complexity index is 785. The summed E-state index contributed by atoms with van der Waals surface area (Å²) in [6.45, 7) is 7.32. The number of carbonyl (C=O) groups excluding carboxylic acids is 1. The lowest BCUT2D eigenvalue weighted by Gasteiger charge is -2.34. The van der Waals surface area contributed by atoms with E-state index in [4.69, 9.17) is 5.73 Å². The third-order valence-electron chi connectivity index (χ3n) is 6.47. The van der Waals surface area contributed by atoms with Gasteiger partial charge in [-0.25, -0.2) is 0 Å². The molecular formula is C25H36N4O. The van der Waals surface area contributed by atoms with E-state index in [-0.39, 0.29) is 5.91 Å². The normalized spacial score (nSPS) is 17.0. The van der Waals surface area contributed by atoms with E-state index in [1.165, 1.54) is 18.4 Å². The first-order valence-corrected chi connectivity index (χ1v) is 11.3. The predicted octanol–water partition coefficient (Wildman–Crippen LogP) is 3.50. The van der Waals surface area contributed by atoms with E-state index in [1.807, 2.05) is 12.1 Å². The van der Waals surface area contributed by atoms with Crippen LogP contribution in [0, 0.1) is 5.92 Å². The number of aromatic nitrogens is 1. The summed E-state index contributed by atoms with van der Waals surface area (Å²) in [5, 5.41) is 7.02. The molecule has 0 bridgehead atoms. The van der Waals surface area contributed by atoms with Crippen LogP contribution in [0.3, 0.4) is 0 Å². The standard InChI is InChI=1S/C25H36N4O/c1-19(2)22-3-5-23(6-4-22)25(24(26)30,13-7-20-8-14-27-15-9-20)29-18-12-21-10-16-28-17-11-21/h3-6,8-9,14-15,19,21,28-29H,7,10-13,16-18H2,1-2H3,(H2,26,30). The van der Waals surface area contributed by atoms with Crippen molar-refractivity contribution in [1.29, 1.82) is 0 Å². The molecule has 4 N–H and O–H groups in total. The highest BCUT2D eigenvalue weighted by atomic mass is 16.1. The SMILES string of the molecule is CC(C)c1ccc(C(CCc2ccncc2)(NCCC2CCNCC2)C(N)=O)cc1. The summed E-state index contributed by atoms with van der Waals surface area (Å²) in [6, 6.07) is 12.4. The fraction of sp³-hybridized carbons (Fsp3) is 0.520. The first-order valence-electron chi connectivity index (χ1n) is 11.3. The molecule has 1 amide bonds. The molecule has 1 saturated heterocycles. The molecule has 2 heterocycles. The van der Waals surface area contributed by atoms with E-state index < -0.39 is 5.54 Å². The number of rotatable bonds is 10. The van der Waals surface area contributed by atoms with Crippen molar-refractivity contribution < 1.29 is 4.79 Å². The fourth-order valence-corrected chi connectivity index (χ4v) is 4.38. The summed E-state index contributed by atoms with van der Waals surface area (Å²) in [7, 11) is 0. The highest BCUT2D eigenvalue weighted by molar-refractivity contribution is 5.86. The molecule has 0 aliphatic carbocycles. The predicted molar refractivity (Wildman–Crippen MR) is 122 cm³/mol. The Labute approximate surface area is 180 Å². The number of nitrogens with zero attached hydrogens (tertiary/aromatic N) is 1. The van der Waals surface area contributed by atoms with Crippen molar-refractivity contribution in [3.8, 4) is 0 Å². The van der Waals surface area contributed by atoms with Crippen LogP contribution in [0.2, 0.25) is 0 Å². The number of nitrogens with one attached hydrogen (secondary N) is 2. The van der Waals surface area contributed by atoms with E-state index >= 15 is 0 Å². The number of piperidine rings is 1. The topological polar surface area (TPSA) is 80.0 Å². The van der Waals surface area contributed by atoms with Crippen LogP contribution in [-0.4, -0.2) is 30.5 Å². The molecule has 1 aliphatic heterocycles. The van der Waals surface area contributed by atoms with Gasteiger partial charge in [0.15, 0.2) is 0 Å².